The molecule has 10 heteroatoms. The number of amides is 2. The third-order valence-electron chi connectivity index (χ3n) is 3.74. The first-order chi connectivity index (χ1) is 13.2. The molecule has 144 valence electrons. The summed E-state index contributed by atoms with van der Waals surface area (Å²) in [7, 11) is -4.06. The normalized spacial score (nSPS) is 11.2. The first-order valence-electron chi connectivity index (χ1n) is 7.74. The quantitative estimate of drug-likeness (QED) is 0.547. The zero-order chi connectivity index (χ0) is 20.5. The van der Waals surface area contributed by atoms with Crippen molar-refractivity contribution >= 4 is 38.0 Å². The Morgan fingerprint density at radius 2 is 1.68 bits per heavy atom. The van der Waals surface area contributed by atoms with Gasteiger partial charge in [-0.3, -0.25) is 9.59 Å². The Morgan fingerprint density at radius 1 is 1.04 bits per heavy atom. The summed E-state index contributed by atoms with van der Waals surface area (Å²) in [5.41, 5.74) is 5.04. The number of aromatic hydroxyl groups is 1. The van der Waals surface area contributed by atoms with Gasteiger partial charge in [0.15, 0.2) is 0 Å². The number of benzene rings is 2. The summed E-state index contributed by atoms with van der Waals surface area (Å²) in [6.07, 6.45) is 0. The molecule has 0 aliphatic carbocycles. The Balaban J connectivity index is 2.01. The molecule has 4 N–H and O–H groups in total. The van der Waals surface area contributed by atoms with Gasteiger partial charge in [-0.1, -0.05) is 12.1 Å². The number of thiophene rings is 1. The minimum atomic E-state index is -4.06. The molecule has 0 atom stereocenters. The number of nitrogens with two attached hydrogens (primary N) is 1. The van der Waals surface area contributed by atoms with Gasteiger partial charge in [0.25, 0.3) is 11.8 Å². The largest absolute Gasteiger partial charge is 0.507 e. The summed E-state index contributed by atoms with van der Waals surface area (Å²) in [5.74, 6) is -2.56. The number of carbonyl (C=O) groups is 2. The summed E-state index contributed by atoms with van der Waals surface area (Å²) in [5, 5.41) is 12.1. The lowest BCUT2D eigenvalue weighted by molar-refractivity contribution is 0.100. The summed E-state index contributed by atoms with van der Waals surface area (Å²) in [4.78, 5) is 23.9. The molecule has 7 nitrogen and oxygen atoms in total. The minimum Gasteiger partial charge on any atom is -0.507 e. The fourth-order valence-corrected chi connectivity index (χ4v) is 5.11. The highest BCUT2D eigenvalue weighted by molar-refractivity contribution is 7.93. The molecule has 28 heavy (non-hydrogen) atoms. The van der Waals surface area contributed by atoms with Gasteiger partial charge in [-0.2, -0.15) is 0 Å². The first-order valence-corrected chi connectivity index (χ1v) is 10.0. The summed E-state index contributed by atoms with van der Waals surface area (Å²) in [6, 6.07) is 10.9. The van der Waals surface area contributed by atoms with Crippen LogP contribution in [0, 0.1) is 5.82 Å². The minimum absolute atomic E-state index is 0.0609. The monoisotopic (exact) mass is 420 g/mol. The van der Waals surface area contributed by atoms with Crippen LogP contribution in [-0.4, -0.2) is 25.3 Å². The maximum atomic E-state index is 13.1. The highest BCUT2D eigenvalue weighted by Gasteiger charge is 2.26. The number of carbonyl (C=O) groups excluding carboxylic acids is 2. The number of nitrogens with one attached hydrogen (secondary N) is 1. The van der Waals surface area contributed by atoms with Gasteiger partial charge in [-0.25, -0.2) is 12.8 Å². The molecule has 0 radical (unpaired) electrons. The SMILES string of the molecule is NC(=O)c1cc(S(=O)(=O)c2ccc(F)cc2)sc1NC(=O)c1ccccc1O. The molecule has 1 heterocycles. The number of anilines is 1. The van der Waals surface area contributed by atoms with Gasteiger partial charge in [-0.15, -0.1) is 11.3 Å². The highest BCUT2D eigenvalue weighted by Crippen LogP contribution is 2.35. The van der Waals surface area contributed by atoms with E-state index in [1.165, 1.54) is 24.3 Å². The number of phenolic OH excluding ortho intramolecular Hbond substituents is 1. The molecule has 0 aliphatic heterocycles. The van der Waals surface area contributed by atoms with Crippen LogP contribution in [0.2, 0.25) is 0 Å². The highest BCUT2D eigenvalue weighted by atomic mass is 32.2. The number of hydrogen-bond acceptors (Lipinski definition) is 6. The second-order valence-corrected chi connectivity index (χ2v) is 8.83. The van der Waals surface area contributed by atoms with Gasteiger partial charge in [0.05, 0.1) is 16.0 Å². The summed E-state index contributed by atoms with van der Waals surface area (Å²) in [6.45, 7) is 0. The molecule has 3 rings (SSSR count). The molecule has 0 spiro atoms. The van der Waals surface area contributed by atoms with E-state index in [-0.39, 0.29) is 31.0 Å². The summed E-state index contributed by atoms with van der Waals surface area (Å²) >= 11 is 0.627. The Kier molecular flexibility index (Phi) is 5.16. The van der Waals surface area contributed by atoms with Crippen LogP contribution in [0.25, 0.3) is 0 Å². The standard InChI is InChI=1S/C18H13FN2O5S2/c19-10-5-7-11(8-6-10)28(25,26)15-9-13(16(20)23)18(27-15)21-17(24)12-3-1-2-4-14(12)22/h1-9,22H,(H2,20,23)(H,21,24). The fraction of sp³-hybridized carbons (Fsp3) is 0. The van der Waals surface area contributed by atoms with E-state index in [9.17, 15) is 27.5 Å². The van der Waals surface area contributed by atoms with Gasteiger partial charge in [-0.05, 0) is 42.5 Å². The molecular weight excluding hydrogens is 407 g/mol. The van der Waals surface area contributed by atoms with Gasteiger partial charge in [0.2, 0.25) is 9.84 Å². The first kappa shape index (κ1) is 19.5. The van der Waals surface area contributed by atoms with E-state index in [1.54, 1.807) is 0 Å². The predicted molar refractivity (Wildman–Crippen MR) is 101 cm³/mol. The molecule has 0 saturated carbocycles. The molecule has 0 unspecified atom stereocenters. The Hall–Kier alpha value is -3.24. The third-order valence-corrected chi connectivity index (χ3v) is 7.03. The number of rotatable bonds is 5. The van der Waals surface area contributed by atoms with Crippen LogP contribution < -0.4 is 11.1 Å². The lowest BCUT2D eigenvalue weighted by atomic mass is 10.2. The van der Waals surface area contributed by atoms with E-state index in [0.717, 1.165) is 30.3 Å². The molecule has 2 aromatic carbocycles. The van der Waals surface area contributed by atoms with Crippen LogP contribution in [0.5, 0.6) is 5.75 Å². The van der Waals surface area contributed by atoms with E-state index in [2.05, 4.69) is 5.32 Å². The van der Waals surface area contributed by atoms with Gasteiger partial charge >= 0.3 is 0 Å². The van der Waals surface area contributed by atoms with Crippen molar-refractivity contribution < 1.29 is 27.5 Å². The predicted octanol–water partition coefficient (Wildman–Crippen LogP) is 2.78. The van der Waals surface area contributed by atoms with Crippen LogP contribution >= 0.6 is 11.3 Å². The second-order valence-electron chi connectivity index (χ2n) is 5.60. The van der Waals surface area contributed by atoms with Gasteiger partial charge in [0.1, 0.15) is 20.8 Å². The van der Waals surface area contributed by atoms with Crippen LogP contribution in [0.1, 0.15) is 20.7 Å². The van der Waals surface area contributed by atoms with E-state index in [4.69, 9.17) is 5.73 Å². The second kappa shape index (κ2) is 7.41. The lowest BCUT2D eigenvalue weighted by Crippen LogP contribution is -2.16. The number of halogens is 1. The molecule has 0 fully saturated rings. The smallest absolute Gasteiger partial charge is 0.260 e. The number of para-hydroxylation sites is 1. The number of phenols is 1. The molecule has 0 bridgehead atoms. The van der Waals surface area contributed by atoms with E-state index < -0.39 is 27.5 Å². The van der Waals surface area contributed by atoms with E-state index in [0.29, 0.717) is 11.3 Å². The average Bonchev–Trinajstić information content (AvgIpc) is 3.07. The average molecular weight is 420 g/mol. The van der Waals surface area contributed by atoms with Crippen molar-refractivity contribution in [2.75, 3.05) is 5.32 Å². The number of primary amides is 1. The van der Waals surface area contributed by atoms with E-state index >= 15 is 0 Å². The Bertz CT molecular complexity index is 1170. The zero-order valence-electron chi connectivity index (χ0n) is 14.0. The number of hydrogen-bond donors (Lipinski definition) is 3. The molecule has 1 aromatic heterocycles. The van der Waals surface area contributed by atoms with Crippen molar-refractivity contribution in [3.05, 3.63) is 71.5 Å². The topological polar surface area (TPSA) is 127 Å². The zero-order valence-corrected chi connectivity index (χ0v) is 15.7. The molecule has 0 saturated heterocycles. The van der Waals surface area contributed by atoms with Gasteiger partial charge < -0.3 is 16.2 Å². The van der Waals surface area contributed by atoms with Gasteiger partial charge in [0, 0.05) is 0 Å². The fourth-order valence-electron chi connectivity index (χ4n) is 2.34. The molecule has 3 aromatic rings. The van der Waals surface area contributed by atoms with Crippen LogP contribution in [0.15, 0.2) is 63.7 Å². The molecular formula is C18H13FN2O5S2. The van der Waals surface area contributed by atoms with Crippen molar-refractivity contribution in [3.8, 4) is 5.75 Å². The van der Waals surface area contributed by atoms with Crippen LogP contribution in [-0.2, 0) is 9.84 Å². The Labute approximate surface area is 163 Å². The van der Waals surface area contributed by atoms with Crippen molar-refractivity contribution in [1.29, 1.82) is 0 Å². The third kappa shape index (κ3) is 3.73. The van der Waals surface area contributed by atoms with E-state index in [1.807, 2.05) is 0 Å². The summed E-state index contributed by atoms with van der Waals surface area (Å²) < 4.78 is 38.3. The van der Waals surface area contributed by atoms with Crippen molar-refractivity contribution in [2.45, 2.75) is 9.10 Å². The molecule has 0 aliphatic rings. The number of sulfone groups is 1. The lowest BCUT2D eigenvalue weighted by Gasteiger charge is -2.06. The Morgan fingerprint density at radius 3 is 2.29 bits per heavy atom. The van der Waals surface area contributed by atoms with Crippen molar-refractivity contribution in [3.63, 3.8) is 0 Å². The van der Waals surface area contributed by atoms with Crippen molar-refractivity contribution in [2.24, 2.45) is 5.73 Å². The van der Waals surface area contributed by atoms with Crippen LogP contribution in [0.4, 0.5) is 9.39 Å². The molecule has 2 amide bonds. The van der Waals surface area contributed by atoms with Crippen molar-refractivity contribution in [1.82, 2.24) is 0 Å². The maximum Gasteiger partial charge on any atom is 0.260 e. The van der Waals surface area contributed by atoms with Crippen LogP contribution in [0.3, 0.4) is 0 Å². The maximum absolute atomic E-state index is 13.1.